The van der Waals surface area contributed by atoms with E-state index in [1.165, 1.54) is 5.56 Å². The number of hydrogen-bond acceptors (Lipinski definition) is 3. The van der Waals surface area contributed by atoms with Crippen molar-refractivity contribution in [1.82, 2.24) is 0 Å². The van der Waals surface area contributed by atoms with Gasteiger partial charge in [0.2, 0.25) is 0 Å². The number of ether oxygens (including phenoxy) is 2. The van der Waals surface area contributed by atoms with Crippen molar-refractivity contribution in [3.63, 3.8) is 0 Å². The Bertz CT molecular complexity index is 663. The molecule has 2 rings (SSSR count). The highest BCUT2D eigenvalue weighted by molar-refractivity contribution is 6.04. The van der Waals surface area contributed by atoms with Crippen molar-refractivity contribution in [3.8, 4) is 5.75 Å². The van der Waals surface area contributed by atoms with E-state index in [9.17, 15) is 4.79 Å². The number of nitrogens with one attached hydrogen (secondary N) is 1. The summed E-state index contributed by atoms with van der Waals surface area (Å²) >= 11 is 0. The highest BCUT2D eigenvalue weighted by atomic mass is 16.5. The van der Waals surface area contributed by atoms with Crippen LogP contribution in [0.4, 0.5) is 5.69 Å². The highest BCUT2D eigenvalue weighted by Crippen LogP contribution is 2.22. The monoisotopic (exact) mass is 313 g/mol. The number of hydrogen-bond donors (Lipinski definition) is 1. The third kappa shape index (κ3) is 4.33. The van der Waals surface area contributed by atoms with Gasteiger partial charge in [0.05, 0.1) is 13.7 Å². The molecule has 122 valence electrons. The van der Waals surface area contributed by atoms with Crippen molar-refractivity contribution in [2.24, 2.45) is 0 Å². The van der Waals surface area contributed by atoms with Gasteiger partial charge in [-0.25, -0.2) is 0 Å². The highest BCUT2D eigenvalue weighted by Gasteiger charge is 2.11. The van der Waals surface area contributed by atoms with Crippen LogP contribution in [0.15, 0.2) is 42.5 Å². The lowest BCUT2D eigenvalue weighted by Crippen LogP contribution is -2.12. The molecule has 0 aliphatic heterocycles. The molecule has 0 aliphatic carbocycles. The number of rotatable bonds is 6. The second kappa shape index (κ2) is 7.79. The van der Waals surface area contributed by atoms with E-state index in [2.05, 4.69) is 19.2 Å². The van der Waals surface area contributed by atoms with E-state index in [0.29, 0.717) is 23.8 Å². The molecule has 0 aliphatic rings. The Morgan fingerprint density at radius 3 is 2.35 bits per heavy atom. The molecule has 0 atom stereocenters. The summed E-state index contributed by atoms with van der Waals surface area (Å²) < 4.78 is 10.4. The Balaban J connectivity index is 2.15. The lowest BCUT2D eigenvalue weighted by Gasteiger charge is -2.11. The molecule has 0 radical (unpaired) electrons. The molecule has 2 aromatic carbocycles. The molecule has 0 spiro atoms. The number of carbonyl (C=O) groups excluding carboxylic acids is 1. The van der Waals surface area contributed by atoms with Crippen LogP contribution in [0.3, 0.4) is 0 Å². The Morgan fingerprint density at radius 1 is 1.09 bits per heavy atom. The smallest absolute Gasteiger partial charge is 0.255 e. The van der Waals surface area contributed by atoms with E-state index in [-0.39, 0.29) is 5.91 Å². The van der Waals surface area contributed by atoms with Crippen molar-refractivity contribution in [2.45, 2.75) is 26.4 Å². The molecule has 1 N–H and O–H groups in total. The average Bonchev–Trinajstić information content (AvgIpc) is 2.55. The SMILES string of the molecule is COCc1cc(C(=O)Nc2ccc(C(C)C)cc2)ccc1OC. The molecule has 0 heterocycles. The summed E-state index contributed by atoms with van der Waals surface area (Å²) in [7, 11) is 3.22. The predicted molar refractivity (Wildman–Crippen MR) is 92.2 cm³/mol. The van der Waals surface area contributed by atoms with E-state index in [1.807, 2.05) is 24.3 Å². The first-order valence-corrected chi connectivity index (χ1v) is 7.62. The Hall–Kier alpha value is -2.33. The minimum atomic E-state index is -0.151. The summed E-state index contributed by atoms with van der Waals surface area (Å²) in [5, 5.41) is 2.91. The minimum Gasteiger partial charge on any atom is -0.496 e. The van der Waals surface area contributed by atoms with Crippen LogP contribution in [-0.2, 0) is 11.3 Å². The summed E-state index contributed by atoms with van der Waals surface area (Å²) in [6.07, 6.45) is 0. The third-order valence-electron chi connectivity index (χ3n) is 3.68. The van der Waals surface area contributed by atoms with Crippen molar-refractivity contribution < 1.29 is 14.3 Å². The minimum absolute atomic E-state index is 0.151. The van der Waals surface area contributed by atoms with Gasteiger partial charge in [0, 0.05) is 23.9 Å². The van der Waals surface area contributed by atoms with Crippen LogP contribution in [0, 0.1) is 0 Å². The van der Waals surface area contributed by atoms with E-state index in [0.717, 1.165) is 11.3 Å². The molecule has 1 amide bonds. The maximum Gasteiger partial charge on any atom is 0.255 e. The van der Waals surface area contributed by atoms with Crippen LogP contribution in [0.5, 0.6) is 5.75 Å². The van der Waals surface area contributed by atoms with Gasteiger partial charge in [0.25, 0.3) is 5.91 Å². The second-order valence-corrected chi connectivity index (χ2v) is 5.69. The molecular weight excluding hydrogens is 290 g/mol. The van der Waals surface area contributed by atoms with Crippen LogP contribution in [-0.4, -0.2) is 20.1 Å². The van der Waals surface area contributed by atoms with E-state index in [1.54, 1.807) is 32.4 Å². The fourth-order valence-electron chi connectivity index (χ4n) is 2.34. The topological polar surface area (TPSA) is 47.6 Å². The van der Waals surface area contributed by atoms with Gasteiger partial charge < -0.3 is 14.8 Å². The lowest BCUT2D eigenvalue weighted by atomic mass is 10.0. The van der Waals surface area contributed by atoms with E-state index < -0.39 is 0 Å². The standard InChI is InChI=1S/C19H23NO3/c1-13(2)14-5-8-17(9-6-14)20-19(21)15-7-10-18(23-4)16(11-15)12-22-3/h5-11,13H,12H2,1-4H3,(H,20,21). The van der Waals surface area contributed by atoms with Gasteiger partial charge in [-0.3, -0.25) is 4.79 Å². The molecule has 0 fully saturated rings. The van der Waals surface area contributed by atoms with Crippen LogP contribution >= 0.6 is 0 Å². The number of anilines is 1. The van der Waals surface area contributed by atoms with Gasteiger partial charge in [-0.2, -0.15) is 0 Å². The predicted octanol–water partition coefficient (Wildman–Crippen LogP) is 4.22. The zero-order chi connectivity index (χ0) is 16.8. The summed E-state index contributed by atoms with van der Waals surface area (Å²) in [6.45, 7) is 4.68. The quantitative estimate of drug-likeness (QED) is 0.868. The third-order valence-corrected chi connectivity index (χ3v) is 3.68. The summed E-state index contributed by atoms with van der Waals surface area (Å²) in [6, 6.07) is 13.2. The molecule has 0 unspecified atom stereocenters. The van der Waals surface area contributed by atoms with Gasteiger partial charge in [-0.15, -0.1) is 0 Å². The lowest BCUT2D eigenvalue weighted by molar-refractivity contribution is 0.102. The van der Waals surface area contributed by atoms with E-state index >= 15 is 0 Å². The number of carbonyl (C=O) groups is 1. The zero-order valence-corrected chi connectivity index (χ0v) is 14.1. The van der Waals surface area contributed by atoms with Crippen molar-refractivity contribution in [2.75, 3.05) is 19.5 Å². The van der Waals surface area contributed by atoms with Crippen molar-refractivity contribution in [3.05, 3.63) is 59.2 Å². The van der Waals surface area contributed by atoms with Gasteiger partial charge in [-0.05, 0) is 41.8 Å². The summed E-state index contributed by atoms with van der Waals surface area (Å²) in [5.74, 6) is 1.03. The van der Waals surface area contributed by atoms with E-state index in [4.69, 9.17) is 9.47 Å². The molecule has 0 bridgehead atoms. The maximum atomic E-state index is 12.4. The van der Waals surface area contributed by atoms with Crippen molar-refractivity contribution >= 4 is 11.6 Å². The molecule has 4 nitrogen and oxygen atoms in total. The van der Waals surface area contributed by atoms with Gasteiger partial charge in [0.1, 0.15) is 5.75 Å². The van der Waals surface area contributed by atoms with Crippen LogP contribution in [0.1, 0.15) is 41.3 Å². The van der Waals surface area contributed by atoms with Crippen LogP contribution < -0.4 is 10.1 Å². The average molecular weight is 313 g/mol. The fourth-order valence-corrected chi connectivity index (χ4v) is 2.34. The largest absolute Gasteiger partial charge is 0.496 e. The van der Waals surface area contributed by atoms with Gasteiger partial charge in [0.15, 0.2) is 0 Å². The number of methoxy groups -OCH3 is 2. The molecule has 2 aromatic rings. The summed E-state index contributed by atoms with van der Waals surface area (Å²) in [4.78, 5) is 12.4. The normalized spacial score (nSPS) is 10.7. The summed E-state index contributed by atoms with van der Waals surface area (Å²) in [5.41, 5.74) is 3.45. The molecule has 4 heteroatoms. The number of benzene rings is 2. The molecule has 0 aromatic heterocycles. The van der Waals surface area contributed by atoms with Crippen LogP contribution in [0.2, 0.25) is 0 Å². The second-order valence-electron chi connectivity index (χ2n) is 5.69. The zero-order valence-electron chi connectivity index (χ0n) is 14.1. The molecular formula is C19H23NO3. The van der Waals surface area contributed by atoms with Gasteiger partial charge in [-0.1, -0.05) is 26.0 Å². The first-order chi connectivity index (χ1) is 11.0. The Kier molecular flexibility index (Phi) is 5.77. The first kappa shape index (κ1) is 17.0. The van der Waals surface area contributed by atoms with Gasteiger partial charge >= 0.3 is 0 Å². The fraction of sp³-hybridized carbons (Fsp3) is 0.316. The molecule has 0 saturated carbocycles. The molecule has 0 saturated heterocycles. The van der Waals surface area contributed by atoms with Crippen molar-refractivity contribution in [1.29, 1.82) is 0 Å². The Morgan fingerprint density at radius 2 is 1.78 bits per heavy atom. The molecule has 23 heavy (non-hydrogen) atoms. The number of amides is 1. The maximum absolute atomic E-state index is 12.4. The Labute approximate surface area is 137 Å². The first-order valence-electron chi connectivity index (χ1n) is 7.62. The van der Waals surface area contributed by atoms with Crippen LogP contribution in [0.25, 0.3) is 0 Å².